The molecular formula is C28H32ClN11O6. The van der Waals surface area contributed by atoms with Crippen molar-refractivity contribution in [3.63, 3.8) is 0 Å². The SMILES string of the molecule is COc1ncc(-c2nc3c(n2CCCn2cc(C(=O)NCCCCC(N)=O)nn2)CN(c2cc(Cl)cn(C)c2=O)C3=O)c(OC)n1. The minimum absolute atomic E-state index is 0.0726. The average Bonchev–Trinajstić information content (AvgIpc) is 3.74. The summed E-state index contributed by atoms with van der Waals surface area (Å²) in [5.41, 5.74) is 6.24. The minimum Gasteiger partial charge on any atom is -0.480 e. The van der Waals surface area contributed by atoms with Gasteiger partial charge in [0.2, 0.25) is 11.8 Å². The van der Waals surface area contributed by atoms with Crippen LogP contribution >= 0.6 is 11.6 Å². The maximum Gasteiger partial charge on any atom is 0.319 e. The van der Waals surface area contributed by atoms with Crippen LogP contribution in [-0.2, 0) is 31.5 Å². The quantitative estimate of drug-likeness (QED) is 0.183. The van der Waals surface area contributed by atoms with Crippen molar-refractivity contribution in [3.8, 4) is 23.3 Å². The number of aryl methyl sites for hydroxylation is 2. The Balaban J connectivity index is 1.37. The number of unbranched alkanes of at least 4 members (excludes halogenated alkanes) is 1. The van der Waals surface area contributed by atoms with Gasteiger partial charge in [-0.3, -0.25) is 28.8 Å². The molecule has 0 bridgehead atoms. The zero-order valence-corrected chi connectivity index (χ0v) is 26.2. The predicted octanol–water partition coefficient (Wildman–Crippen LogP) is 0.937. The second-order valence-corrected chi connectivity index (χ2v) is 10.8. The number of methoxy groups -OCH3 is 2. The first kappa shape index (κ1) is 32.1. The summed E-state index contributed by atoms with van der Waals surface area (Å²) >= 11 is 6.21. The van der Waals surface area contributed by atoms with Crippen LogP contribution in [-0.4, -0.2) is 77.6 Å². The summed E-state index contributed by atoms with van der Waals surface area (Å²) in [6.45, 7) is 1.20. The van der Waals surface area contributed by atoms with Crippen LogP contribution in [0.2, 0.25) is 5.02 Å². The van der Waals surface area contributed by atoms with Gasteiger partial charge in [0, 0.05) is 45.5 Å². The van der Waals surface area contributed by atoms with Crippen LogP contribution in [0.3, 0.4) is 0 Å². The highest BCUT2D eigenvalue weighted by molar-refractivity contribution is 6.30. The molecule has 0 radical (unpaired) electrons. The molecule has 0 saturated heterocycles. The van der Waals surface area contributed by atoms with Crippen LogP contribution < -0.4 is 31.0 Å². The van der Waals surface area contributed by atoms with Gasteiger partial charge in [-0.2, -0.15) is 4.98 Å². The number of hydrogen-bond acceptors (Lipinski definition) is 11. The van der Waals surface area contributed by atoms with E-state index in [9.17, 15) is 19.2 Å². The van der Waals surface area contributed by atoms with Gasteiger partial charge in [0.15, 0.2) is 11.4 Å². The Hall–Kier alpha value is -5.32. The van der Waals surface area contributed by atoms with Crippen LogP contribution in [0.4, 0.5) is 5.69 Å². The van der Waals surface area contributed by atoms with E-state index in [0.29, 0.717) is 61.0 Å². The molecule has 242 valence electrons. The van der Waals surface area contributed by atoms with Gasteiger partial charge in [-0.15, -0.1) is 5.10 Å². The lowest BCUT2D eigenvalue weighted by molar-refractivity contribution is -0.118. The Morgan fingerprint density at radius 3 is 2.63 bits per heavy atom. The third-order valence-electron chi connectivity index (χ3n) is 7.27. The first-order chi connectivity index (χ1) is 22.1. The Morgan fingerprint density at radius 1 is 1.09 bits per heavy atom. The van der Waals surface area contributed by atoms with Crippen molar-refractivity contribution >= 4 is 35.0 Å². The van der Waals surface area contributed by atoms with E-state index < -0.39 is 5.91 Å². The van der Waals surface area contributed by atoms with E-state index >= 15 is 0 Å². The number of ether oxygens (including phenoxy) is 2. The van der Waals surface area contributed by atoms with Crippen LogP contribution in [0.1, 0.15) is 52.4 Å². The molecule has 5 heterocycles. The van der Waals surface area contributed by atoms with Crippen LogP contribution in [0.5, 0.6) is 11.9 Å². The third-order valence-corrected chi connectivity index (χ3v) is 7.48. The molecule has 3 amide bonds. The topological polar surface area (TPSA) is 207 Å². The molecule has 3 N–H and O–H groups in total. The number of primary amides is 1. The lowest BCUT2D eigenvalue weighted by atomic mass is 10.2. The fourth-order valence-corrected chi connectivity index (χ4v) is 5.28. The standard InChI is InChI=1S/C28H32ClN11O6/c1-37-13-16(29)11-19(26(37)43)40-15-20-22(27(40)44)33-23(17-12-32-28(46-3)34-25(17)45-2)39(20)10-6-9-38-14-18(35-36-38)24(42)31-8-5-4-7-21(30)41/h11-14H,4-10,15H2,1-3H3,(H2,30,41)(H,31,42). The van der Waals surface area contributed by atoms with Gasteiger partial charge in [0.05, 0.1) is 43.2 Å². The molecule has 0 aromatic carbocycles. The first-order valence-electron chi connectivity index (χ1n) is 14.3. The van der Waals surface area contributed by atoms with Gasteiger partial charge in [0.1, 0.15) is 11.5 Å². The maximum absolute atomic E-state index is 13.6. The Morgan fingerprint density at radius 2 is 1.89 bits per heavy atom. The number of rotatable bonds is 14. The number of carbonyl (C=O) groups excluding carboxylic acids is 3. The molecular weight excluding hydrogens is 622 g/mol. The van der Waals surface area contributed by atoms with Crippen LogP contribution in [0.15, 0.2) is 29.5 Å². The summed E-state index contributed by atoms with van der Waals surface area (Å²) in [4.78, 5) is 64.4. The number of carbonyl (C=O) groups is 3. The number of halogens is 1. The molecule has 46 heavy (non-hydrogen) atoms. The Labute approximate surface area is 267 Å². The number of aromatic nitrogens is 8. The highest BCUT2D eigenvalue weighted by Crippen LogP contribution is 2.35. The first-order valence-corrected chi connectivity index (χ1v) is 14.7. The fourth-order valence-electron chi connectivity index (χ4n) is 5.03. The molecule has 0 fully saturated rings. The van der Waals surface area contributed by atoms with Crippen LogP contribution in [0, 0.1) is 0 Å². The van der Waals surface area contributed by atoms with Crippen molar-refractivity contribution in [2.75, 3.05) is 25.7 Å². The van der Waals surface area contributed by atoms with E-state index in [2.05, 4.69) is 30.6 Å². The average molecular weight is 654 g/mol. The number of pyridine rings is 1. The molecule has 4 aromatic rings. The number of amides is 3. The zero-order chi connectivity index (χ0) is 33.0. The number of nitrogens with two attached hydrogens (primary N) is 1. The lowest BCUT2D eigenvalue weighted by Gasteiger charge is -2.18. The molecule has 0 saturated carbocycles. The van der Waals surface area contributed by atoms with E-state index in [1.807, 2.05) is 4.57 Å². The molecule has 4 aromatic heterocycles. The van der Waals surface area contributed by atoms with Crippen molar-refractivity contribution < 1.29 is 23.9 Å². The summed E-state index contributed by atoms with van der Waals surface area (Å²) < 4.78 is 15.3. The summed E-state index contributed by atoms with van der Waals surface area (Å²) in [5.74, 6) is -0.617. The minimum atomic E-state index is -0.454. The number of imidazole rings is 1. The van der Waals surface area contributed by atoms with Crippen molar-refractivity contribution in [2.24, 2.45) is 12.8 Å². The van der Waals surface area contributed by atoms with Gasteiger partial charge in [0.25, 0.3) is 17.4 Å². The van der Waals surface area contributed by atoms with E-state index in [-0.39, 0.29) is 59.3 Å². The molecule has 17 nitrogen and oxygen atoms in total. The second kappa shape index (κ2) is 13.8. The Bertz CT molecular complexity index is 1850. The molecule has 0 aliphatic carbocycles. The highest BCUT2D eigenvalue weighted by atomic mass is 35.5. The van der Waals surface area contributed by atoms with Gasteiger partial charge >= 0.3 is 6.01 Å². The van der Waals surface area contributed by atoms with E-state index in [4.69, 9.17) is 26.8 Å². The third kappa shape index (κ3) is 6.68. The molecule has 0 spiro atoms. The van der Waals surface area contributed by atoms with Crippen LogP contribution in [0.25, 0.3) is 11.4 Å². The molecule has 0 unspecified atom stereocenters. The summed E-state index contributed by atoms with van der Waals surface area (Å²) in [6.07, 6.45) is 6.46. The van der Waals surface area contributed by atoms with Crippen molar-refractivity contribution in [3.05, 3.63) is 57.1 Å². The van der Waals surface area contributed by atoms with E-state index in [0.717, 1.165) is 0 Å². The number of hydrogen-bond donors (Lipinski definition) is 2. The van der Waals surface area contributed by atoms with E-state index in [1.54, 1.807) is 17.9 Å². The normalized spacial score (nSPS) is 12.3. The van der Waals surface area contributed by atoms with Gasteiger partial charge in [-0.25, -0.2) is 9.97 Å². The highest BCUT2D eigenvalue weighted by Gasteiger charge is 2.37. The zero-order valence-electron chi connectivity index (χ0n) is 25.4. The lowest BCUT2D eigenvalue weighted by Crippen LogP contribution is -2.32. The molecule has 1 aliphatic heterocycles. The van der Waals surface area contributed by atoms with Crippen molar-refractivity contribution in [1.29, 1.82) is 0 Å². The maximum atomic E-state index is 13.6. The summed E-state index contributed by atoms with van der Waals surface area (Å²) in [6, 6.07) is 1.56. The smallest absolute Gasteiger partial charge is 0.319 e. The number of nitrogens with zero attached hydrogens (tertiary/aromatic N) is 9. The number of anilines is 1. The fraction of sp³-hybridized carbons (Fsp3) is 0.393. The molecule has 18 heteroatoms. The molecule has 5 rings (SSSR count). The van der Waals surface area contributed by atoms with Crippen molar-refractivity contribution in [2.45, 2.75) is 45.3 Å². The monoisotopic (exact) mass is 653 g/mol. The predicted molar refractivity (Wildman–Crippen MR) is 164 cm³/mol. The van der Waals surface area contributed by atoms with Gasteiger partial charge in [-0.05, 0) is 25.3 Å². The number of nitrogens with one attached hydrogen (secondary N) is 1. The second-order valence-electron chi connectivity index (χ2n) is 10.4. The van der Waals surface area contributed by atoms with Gasteiger partial charge in [-0.1, -0.05) is 16.8 Å². The number of fused-ring (bicyclic) bond motifs is 1. The molecule has 1 aliphatic rings. The summed E-state index contributed by atoms with van der Waals surface area (Å²) in [5, 5.41) is 11.1. The Kier molecular flexibility index (Phi) is 9.60. The van der Waals surface area contributed by atoms with Gasteiger partial charge < -0.3 is 29.7 Å². The largest absolute Gasteiger partial charge is 0.480 e. The van der Waals surface area contributed by atoms with E-state index in [1.165, 1.54) is 42.1 Å². The van der Waals surface area contributed by atoms with Crippen molar-refractivity contribution in [1.82, 2.24) is 44.4 Å². The summed E-state index contributed by atoms with van der Waals surface area (Å²) in [7, 11) is 4.44. The molecule has 0 atom stereocenters.